The summed E-state index contributed by atoms with van der Waals surface area (Å²) < 4.78 is 5.42. The molecule has 2 aliphatic heterocycles. The molecule has 0 radical (unpaired) electrons. The van der Waals surface area contributed by atoms with E-state index in [2.05, 4.69) is 9.80 Å². The molecule has 0 N–H and O–H groups in total. The summed E-state index contributed by atoms with van der Waals surface area (Å²) in [5.74, 6) is 1.87. The Morgan fingerprint density at radius 1 is 1.11 bits per heavy atom. The Bertz CT molecular complexity index is 698. The maximum atomic E-state index is 13.1. The molecular weight excluding hydrogens is 348 g/mol. The molecule has 1 aromatic carbocycles. The maximum Gasteiger partial charge on any atom is 0.254 e. The number of likely N-dealkylation sites (tertiary alicyclic amines) is 2. The Kier molecular flexibility index (Phi) is 5.96. The number of hydrogen-bond acceptors (Lipinski definition) is 3. The molecule has 3 fully saturated rings. The smallest absolute Gasteiger partial charge is 0.254 e. The van der Waals surface area contributed by atoms with E-state index in [1.165, 1.54) is 64.6 Å². The standard InChI is InChI=1S/C24H36N2O2/c1-19-9-10-21(15-22(19)28-2)23(27)26-14-12-24(18-26)11-6-13-25(17-24)16-20-7-4-3-5-8-20/h9-10,15,20H,3-8,11-14,16-18H2,1-2H3/t24-/m0/s1. The van der Waals surface area contributed by atoms with Crippen molar-refractivity contribution < 1.29 is 9.53 Å². The van der Waals surface area contributed by atoms with Gasteiger partial charge >= 0.3 is 0 Å². The number of hydrogen-bond donors (Lipinski definition) is 0. The first-order chi connectivity index (χ1) is 13.6. The number of piperidine rings is 1. The van der Waals surface area contributed by atoms with Gasteiger partial charge in [0.05, 0.1) is 7.11 Å². The van der Waals surface area contributed by atoms with Crippen LogP contribution in [0.1, 0.15) is 67.3 Å². The first kappa shape index (κ1) is 19.8. The fraction of sp³-hybridized carbons (Fsp3) is 0.708. The molecular formula is C24H36N2O2. The first-order valence-corrected chi connectivity index (χ1v) is 11.2. The first-order valence-electron chi connectivity index (χ1n) is 11.2. The lowest BCUT2D eigenvalue weighted by molar-refractivity contribution is 0.0630. The van der Waals surface area contributed by atoms with Crippen LogP contribution in [0.3, 0.4) is 0 Å². The monoisotopic (exact) mass is 384 g/mol. The van der Waals surface area contributed by atoms with Crippen LogP contribution in [0.15, 0.2) is 18.2 Å². The van der Waals surface area contributed by atoms with Gasteiger partial charge in [0.1, 0.15) is 5.75 Å². The van der Waals surface area contributed by atoms with Gasteiger partial charge in [0.2, 0.25) is 0 Å². The SMILES string of the molecule is COc1cc(C(=O)N2CC[C@]3(CCCN(CC4CCCCC4)C3)C2)ccc1C. The molecule has 1 aromatic rings. The summed E-state index contributed by atoms with van der Waals surface area (Å²) in [7, 11) is 1.67. The van der Waals surface area contributed by atoms with E-state index in [4.69, 9.17) is 4.74 Å². The van der Waals surface area contributed by atoms with E-state index in [-0.39, 0.29) is 5.91 Å². The Labute approximate surface area is 170 Å². The fourth-order valence-corrected chi connectivity index (χ4v) is 5.78. The van der Waals surface area contributed by atoms with Gasteiger partial charge in [0.15, 0.2) is 0 Å². The molecule has 0 unspecified atom stereocenters. The molecule has 3 aliphatic rings. The van der Waals surface area contributed by atoms with E-state index < -0.39 is 0 Å². The minimum Gasteiger partial charge on any atom is -0.496 e. The van der Waals surface area contributed by atoms with Crippen molar-refractivity contribution in [3.63, 3.8) is 0 Å². The van der Waals surface area contributed by atoms with Crippen LogP contribution in [0.25, 0.3) is 0 Å². The third-order valence-corrected chi connectivity index (χ3v) is 7.36. The molecule has 1 aliphatic carbocycles. The zero-order chi connectivity index (χ0) is 19.6. The van der Waals surface area contributed by atoms with E-state index in [0.29, 0.717) is 5.41 Å². The molecule has 28 heavy (non-hydrogen) atoms. The van der Waals surface area contributed by atoms with E-state index in [9.17, 15) is 4.79 Å². The van der Waals surface area contributed by atoms with Crippen molar-refractivity contribution in [2.75, 3.05) is 39.8 Å². The van der Waals surface area contributed by atoms with E-state index >= 15 is 0 Å². The Morgan fingerprint density at radius 2 is 1.93 bits per heavy atom. The van der Waals surface area contributed by atoms with E-state index in [0.717, 1.165) is 42.3 Å². The molecule has 4 nitrogen and oxygen atoms in total. The Morgan fingerprint density at radius 3 is 2.71 bits per heavy atom. The van der Waals surface area contributed by atoms with Crippen LogP contribution in [0.4, 0.5) is 0 Å². The van der Waals surface area contributed by atoms with Crippen LogP contribution < -0.4 is 4.74 Å². The molecule has 1 amide bonds. The lowest BCUT2D eigenvalue weighted by Gasteiger charge is -2.42. The fourth-order valence-electron chi connectivity index (χ4n) is 5.78. The minimum atomic E-state index is 0.166. The molecule has 154 valence electrons. The molecule has 1 saturated carbocycles. The summed E-state index contributed by atoms with van der Waals surface area (Å²) in [5, 5.41) is 0. The number of benzene rings is 1. The van der Waals surface area contributed by atoms with Gasteiger partial charge in [-0.3, -0.25) is 4.79 Å². The number of methoxy groups -OCH3 is 1. The van der Waals surface area contributed by atoms with Crippen LogP contribution in [-0.4, -0.2) is 55.5 Å². The Balaban J connectivity index is 1.38. The summed E-state index contributed by atoms with van der Waals surface area (Å²) in [6.07, 6.45) is 10.8. The molecule has 0 bridgehead atoms. The molecule has 2 saturated heterocycles. The molecule has 0 aromatic heterocycles. The normalized spacial score (nSPS) is 26.7. The number of rotatable bonds is 4. The Hall–Kier alpha value is -1.55. The van der Waals surface area contributed by atoms with Gasteiger partial charge in [-0.2, -0.15) is 0 Å². The summed E-state index contributed by atoms with van der Waals surface area (Å²) >= 11 is 0. The quantitative estimate of drug-likeness (QED) is 0.765. The van der Waals surface area contributed by atoms with Gasteiger partial charge in [-0.1, -0.05) is 25.3 Å². The molecule has 1 atom stereocenters. The van der Waals surface area contributed by atoms with E-state index in [1.807, 2.05) is 25.1 Å². The number of carbonyl (C=O) groups excluding carboxylic acids is 1. The second kappa shape index (κ2) is 8.44. The zero-order valence-corrected chi connectivity index (χ0v) is 17.7. The molecule has 4 heteroatoms. The largest absolute Gasteiger partial charge is 0.496 e. The molecule has 2 heterocycles. The van der Waals surface area contributed by atoms with Crippen LogP contribution in [0.5, 0.6) is 5.75 Å². The summed E-state index contributed by atoms with van der Waals surface area (Å²) in [6, 6.07) is 5.84. The third kappa shape index (κ3) is 4.22. The van der Waals surface area contributed by atoms with Crippen molar-refractivity contribution in [3.05, 3.63) is 29.3 Å². The highest BCUT2D eigenvalue weighted by molar-refractivity contribution is 5.95. The highest BCUT2D eigenvalue weighted by atomic mass is 16.5. The average Bonchev–Trinajstić information content (AvgIpc) is 3.11. The number of aryl methyl sites for hydroxylation is 1. The van der Waals surface area contributed by atoms with Gasteiger partial charge in [-0.25, -0.2) is 0 Å². The lowest BCUT2D eigenvalue weighted by atomic mass is 9.78. The van der Waals surface area contributed by atoms with Crippen molar-refractivity contribution in [1.29, 1.82) is 0 Å². The van der Waals surface area contributed by atoms with Crippen molar-refractivity contribution >= 4 is 5.91 Å². The van der Waals surface area contributed by atoms with Crippen LogP contribution >= 0.6 is 0 Å². The van der Waals surface area contributed by atoms with Gasteiger partial charge in [0, 0.05) is 37.2 Å². The number of carbonyl (C=O) groups is 1. The maximum absolute atomic E-state index is 13.1. The van der Waals surface area contributed by atoms with Gasteiger partial charge < -0.3 is 14.5 Å². The van der Waals surface area contributed by atoms with Crippen molar-refractivity contribution in [2.24, 2.45) is 11.3 Å². The number of nitrogens with zero attached hydrogens (tertiary/aromatic N) is 2. The van der Waals surface area contributed by atoms with Gasteiger partial charge in [0.25, 0.3) is 5.91 Å². The summed E-state index contributed by atoms with van der Waals surface area (Å²) in [5.41, 5.74) is 2.15. The summed E-state index contributed by atoms with van der Waals surface area (Å²) in [6.45, 7) is 7.55. The van der Waals surface area contributed by atoms with Crippen molar-refractivity contribution in [2.45, 2.75) is 58.3 Å². The highest BCUT2D eigenvalue weighted by Crippen LogP contribution is 2.40. The predicted molar refractivity (Wildman–Crippen MR) is 113 cm³/mol. The third-order valence-electron chi connectivity index (χ3n) is 7.36. The number of ether oxygens (including phenoxy) is 1. The minimum absolute atomic E-state index is 0.166. The van der Waals surface area contributed by atoms with Crippen molar-refractivity contribution in [3.8, 4) is 5.75 Å². The average molecular weight is 385 g/mol. The molecule has 4 rings (SSSR count). The number of amides is 1. The van der Waals surface area contributed by atoms with Crippen LogP contribution in [0.2, 0.25) is 0 Å². The zero-order valence-electron chi connectivity index (χ0n) is 17.7. The second-order valence-corrected chi connectivity index (χ2v) is 9.50. The second-order valence-electron chi connectivity index (χ2n) is 9.50. The topological polar surface area (TPSA) is 32.8 Å². The van der Waals surface area contributed by atoms with Gasteiger partial charge in [-0.15, -0.1) is 0 Å². The van der Waals surface area contributed by atoms with Crippen molar-refractivity contribution in [1.82, 2.24) is 9.80 Å². The van der Waals surface area contributed by atoms with E-state index in [1.54, 1.807) is 7.11 Å². The highest BCUT2D eigenvalue weighted by Gasteiger charge is 2.43. The van der Waals surface area contributed by atoms with Crippen LogP contribution in [-0.2, 0) is 0 Å². The van der Waals surface area contributed by atoms with Gasteiger partial charge in [-0.05, 0) is 69.2 Å². The predicted octanol–water partition coefficient (Wildman–Crippen LogP) is 4.51. The van der Waals surface area contributed by atoms with Crippen LogP contribution in [0, 0.1) is 18.3 Å². The summed E-state index contributed by atoms with van der Waals surface area (Å²) in [4.78, 5) is 17.9. The molecule has 1 spiro atoms. The lowest BCUT2D eigenvalue weighted by Crippen LogP contribution is -2.47.